The topological polar surface area (TPSA) is 84.8 Å². The second kappa shape index (κ2) is 5.70. The minimum atomic E-state index is -3.68. The molecule has 0 radical (unpaired) electrons. The molecular weight excluding hydrogens is 328 g/mol. The van der Waals surface area contributed by atoms with E-state index in [9.17, 15) is 8.42 Å². The van der Waals surface area contributed by atoms with Gasteiger partial charge in [-0.15, -0.1) is 10.2 Å². The molecule has 2 heterocycles. The van der Waals surface area contributed by atoms with Gasteiger partial charge in [-0.3, -0.25) is 4.72 Å². The van der Waals surface area contributed by atoms with Crippen LogP contribution in [-0.4, -0.2) is 23.6 Å². The zero-order valence-electron chi connectivity index (χ0n) is 10.1. The summed E-state index contributed by atoms with van der Waals surface area (Å²) in [7, 11) is -3.68. The number of halogens is 1. The van der Waals surface area contributed by atoms with Crippen LogP contribution >= 0.6 is 34.3 Å². The summed E-state index contributed by atoms with van der Waals surface area (Å²) in [6, 6.07) is 0. The fourth-order valence-electron chi connectivity index (χ4n) is 1.26. The van der Waals surface area contributed by atoms with Crippen LogP contribution in [0.3, 0.4) is 0 Å². The fourth-order valence-corrected chi connectivity index (χ4v) is 4.73. The van der Waals surface area contributed by atoms with Gasteiger partial charge in [0.1, 0.15) is 5.01 Å². The highest BCUT2D eigenvalue weighted by atomic mass is 35.5. The second-order valence-corrected chi connectivity index (χ2v) is 8.72. The average Bonchev–Trinajstić information content (AvgIpc) is 2.87. The molecule has 6 nitrogen and oxygen atoms in total. The molecule has 0 bridgehead atoms. The SMILES string of the molecule is CC(C)Cc1nnc(NS(=O)(=O)c2cnc(Cl)s2)s1. The monoisotopic (exact) mass is 338 g/mol. The Balaban J connectivity index is 2.14. The maximum atomic E-state index is 12.0. The van der Waals surface area contributed by atoms with E-state index < -0.39 is 10.0 Å². The number of nitrogens with one attached hydrogen (secondary N) is 1. The van der Waals surface area contributed by atoms with Crippen molar-refractivity contribution in [2.24, 2.45) is 5.92 Å². The van der Waals surface area contributed by atoms with E-state index in [0.29, 0.717) is 5.92 Å². The molecule has 0 aliphatic rings. The Hall–Kier alpha value is -0.770. The van der Waals surface area contributed by atoms with Gasteiger partial charge in [-0.05, 0) is 5.92 Å². The van der Waals surface area contributed by atoms with Gasteiger partial charge in [-0.1, -0.05) is 48.1 Å². The summed E-state index contributed by atoms with van der Waals surface area (Å²) in [6.07, 6.45) is 1.98. The third kappa shape index (κ3) is 3.85. The van der Waals surface area contributed by atoms with Gasteiger partial charge in [0.2, 0.25) is 5.13 Å². The highest BCUT2D eigenvalue weighted by Gasteiger charge is 2.20. The quantitative estimate of drug-likeness (QED) is 0.905. The van der Waals surface area contributed by atoms with Crippen molar-refractivity contribution in [1.29, 1.82) is 0 Å². The van der Waals surface area contributed by atoms with Crippen LogP contribution in [0.2, 0.25) is 4.47 Å². The van der Waals surface area contributed by atoms with Gasteiger partial charge in [0.25, 0.3) is 10.0 Å². The van der Waals surface area contributed by atoms with Gasteiger partial charge in [-0.25, -0.2) is 13.4 Å². The molecule has 104 valence electrons. The summed E-state index contributed by atoms with van der Waals surface area (Å²) >= 11 is 7.74. The molecule has 0 saturated heterocycles. The van der Waals surface area contributed by atoms with Crippen LogP contribution < -0.4 is 4.72 Å². The lowest BCUT2D eigenvalue weighted by Gasteiger charge is -2.00. The molecule has 0 spiro atoms. The Labute approximate surface area is 123 Å². The van der Waals surface area contributed by atoms with Crippen molar-refractivity contribution < 1.29 is 8.42 Å². The molecule has 1 N–H and O–H groups in total. The van der Waals surface area contributed by atoms with Gasteiger partial charge in [-0.2, -0.15) is 0 Å². The first kappa shape index (κ1) is 14.6. The number of rotatable bonds is 5. The summed E-state index contributed by atoms with van der Waals surface area (Å²) in [6.45, 7) is 4.12. The smallest absolute Gasteiger partial charge is 0.252 e. The summed E-state index contributed by atoms with van der Waals surface area (Å²) < 4.78 is 26.6. The van der Waals surface area contributed by atoms with Crippen molar-refractivity contribution in [3.63, 3.8) is 0 Å². The molecular formula is C9H11ClN4O2S3. The largest absolute Gasteiger partial charge is 0.274 e. The minimum Gasteiger partial charge on any atom is -0.252 e. The summed E-state index contributed by atoms with van der Waals surface area (Å²) in [5.41, 5.74) is 0. The van der Waals surface area contributed by atoms with Crippen LogP contribution in [-0.2, 0) is 16.4 Å². The molecule has 0 atom stereocenters. The van der Waals surface area contributed by atoms with Crippen LogP contribution in [0, 0.1) is 5.92 Å². The van der Waals surface area contributed by atoms with Crippen LogP contribution in [0.4, 0.5) is 5.13 Å². The Morgan fingerprint density at radius 3 is 2.68 bits per heavy atom. The molecule has 0 saturated carbocycles. The van der Waals surface area contributed by atoms with Crippen molar-refractivity contribution in [3.8, 4) is 0 Å². The Bertz CT molecular complexity index is 665. The number of sulfonamides is 1. The molecule has 0 unspecified atom stereocenters. The van der Waals surface area contributed by atoms with E-state index in [1.165, 1.54) is 17.5 Å². The van der Waals surface area contributed by atoms with Crippen molar-refractivity contribution in [3.05, 3.63) is 15.7 Å². The summed E-state index contributed by atoms with van der Waals surface area (Å²) in [5.74, 6) is 0.442. The van der Waals surface area contributed by atoms with E-state index in [1.54, 1.807) is 0 Å². The highest BCUT2D eigenvalue weighted by molar-refractivity contribution is 7.94. The van der Waals surface area contributed by atoms with Gasteiger partial charge in [0.15, 0.2) is 8.68 Å². The molecule has 0 fully saturated rings. The molecule has 0 amide bonds. The normalized spacial score (nSPS) is 12.0. The van der Waals surface area contributed by atoms with Crippen LogP contribution in [0.1, 0.15) is 18.9 Å². The predicted molar refractivity (Wildman–Crippen MR) is 76.4 cm³/mol. The number of nitrogens with zero attached hydrogens (tertiary/aromatic N) is 3. The lowest BCUT2D eigenvalue weighted by molar-refractivity contribution is 0.603. The standard InChI is InChI=1S/C9H11ClN4O2S3/c1-5(2)3-6-12-13-9(17-6)14-19(15,16)7-4-11-8(10)18-7/h4-5H,3H2,1-2H3,(H,13,14). The lowest BCUT2D eigenvalue weighted by Crippen LogP contribution is -2.11. The van der Waals surface area contributed by atoms with Crippen LogP contribution in [0.15, 0.2) is 10.4 Å². The van der Waals surface area contributed by atoms with Crippen molar-refractivity contribution in [2.75, 3.05) is 4.72 Å². The summed E-state index contributed by atoms with van der Waals surface area (Å²) in [4.78, 5) is 3.70. The van der Waals surface area contributed by atoms with E-state index >= 15 is 0 Å². The van der Waals surface area contributed by atoms with E-state index in [2.05, 4.69) is 33.8 Å². The number of thiazole rings is 1. The first-order valence-corrected chi connectivity index (χ1v) is 8.83. The van der Waals surface area contributed by atoms with Crippen molar-refractivity contribution in [1.82, 2.24) is 15.2 Å². The number of hydrogen-bond donors (Lipinski definition) is 1. The Morgan fingerprint density at radius 1 is 1.37 bits per heavy atom. The van der Waals surface area contributed by atoms with Gasteiger partial charge < -0.3 is 0 Å². The molecule has 0 aliphatic carbocycles. The van der Waals surface area contributed by atoms with Crippen molar-refractivity contribution in [2.45, 2.75) is 24.5 Å². The van der Waals surface area contributed by atoms with Crippen LogP contribution in [0.25, 0.3) is 0 Å². The summed E-state index contributed by atoms with van der Waals surface area (Å²) in [5, 5.41) is 8.81. The number of hydrogen-bond acceptors (Lipinski definition) is 7. The average molecular weight is 339 g/mol. The minimum absolute atomic E-state index is 0.0538. The van der Waals surface area contributed by atoms with Gasteiger partial charge in [0, 0.05) is 6.42 Å². The van der Waals surface area contributed by atoms with Gasteiger partial charge >= 0.3 is 0 Å². The van der Waals surface area contributed by atoms with E-state index in [1.807, 2.05) is 0 Å². The van der Waals surface area contributed by atoms with Crippen molar-refractivity contribution >= 4 is 49.4 Å². The highest BCUT2D eigenvalue weighted by Crippen LogP contribution is 2.26. The Kier molecular flexibility index (Phi) is 4.39. The molecule has 0 aliphatic heterocycles. The maximum absolute atomic E-state index is 12.0. The second-order valence-electron chi connectivity index (χ2n) is 4.14. The molecule has 19 heavy (non-hydrogen) atoms. The zero-order chi connectivity index (χ0) is 14.0. The predicted octanol–water partition coefficient (Wildman–Crippen LogP) is 2.65. The maximum Gasteiger partial charge on any atom is 0.274 e. The molecule has 2 aromatic rings. The lowest BCUT2D eigenvalue weighted by atomic mass is 10.1. The molecule has 10 heteroatoms. The molecule has 0 aromatic carbocycles. The first-order chi connectivity index (χ1) is 8.87. The molecule has 2 aromatic heterocycles. The van der Waals surface area contributed by atoms with Gasteiger partial charge in [0.05, 0.1) is 6.20 Å². The third-order valence-corrected chi connectivity index (χ3v) is 5.90. The van der Waals surface area contributed by atoms with E-state index in [-0.39, 0.29) is 13.8 Å². The zero-order valence-corrected chi connectivity index (χ0v) is 13.3. The Morgan fingerprint density at radius 2 is 2.11 bits per heavy atom. The van der Waals surface area contributed by atoms with Crippen LogP contribution in [0.5, 0.6) is 0 Å². The number of aromatic nitrogens is 3. The first-order valence-electron chi connectivity index (χ1n) is 5.33. The number of anilines is 1. The third-order valence-electron chi connectivity index (χ3n) is 1.99. The van der Waals surface area contributed by atoms with E-state index in [4.69, 9.17) is 11.6 Å². The molecule has 2 rings (SSSR count). The fraction of sp³-hybridized carbons (Fsp3) is 0.444. The van der Waals surface area contributed by atoms with E-state index in [0.717, 1.165) is 22.8 Å².